The van der Waals surface area contributed by atoms with Crippen molar-refractivity contribution in [2.24, 2.45) is 0 Å². The number of thioether (sulfide) groups is 1. The van der Waals surface area contributed by atoms with Crippen molar-refractivity contribution in [2.45, 2.75) is 10.9 Å². The van der Waals surface area contributed by atoms with Crippen LogP contribution in [-0.2, 0) is 10.5 Å². The van der Waals surface area contributed by atoms with Gasteiger partial charge in [-0.15, -0.1) is 0 Å². The standard InChI is InChI=1S/C19H13BrN4O2S2/c20-14-9-12(6-7-15(14)25)8-13-16(21)24-18(22-17(13)26)28-23-19(24)27-10-11-4-2-1-3-5-11/h1-9H,10,21H2/b12-8-. The van der Waals surface area contributed by atoms with E-state index in [0.29, 0.717) is 20.2 Å². The Hall–Kier alpha value is -2.49. The molecule has 2 heterocycles. The van der Waals surface area contributed by atoms with Gasteiger partial charge < -0.3 is 5.73 Å². The van der Waals surface area contributed by atoms with E-state index in [-0.39, 0.29) is 17.2 Å². The van der Waals surface area contributed by atoms with Crippen LogP contribution >= 0.6 is 39.2 Å². The molecule has 0 fully saturated rings. The van der Waals surface area contributed by atoms with Crippen LogP contribution in [0.2, 0.25) is 0 Å². The van der Waals surface area contributed by atoms with Gasteiger partial charge >= 0.3 is 0 Å². The Morgan fingerprint density at radius 3 is 2.75 bits per heavy atom. The maximum atomic E-state index is 12.5. The summed E-state index contributed by atoms with van der Waals surface area (Å²) in [5.74, 6) is 0.876. The molecule has 0 saturated carbocycles. The maximum absolute atomic E-state index is 12.5. The van der Waals surface area contributed by atoms with E-state index in [9.17, 15) is 9.59 Å². The molecular formula is C19H13BrN4O2S2. The van der Waals surface area contributed by atoms with Crippen LogP contribution in [-0.4, -0.2) is 19.5 Å². The van der Waals surface area contributed by atoms with Gasteiger partial charge in [-0.3, -0.25) is 9.59 Å². The smallest absolute Gasteiger partial charge is 0.283 e. The Labute approximate surface area is 176 Å². The van der Waals surface area contributed by atoms with Crippen LogP contribution < -0.4 is 11.3 Å². The van der Waals surface area contributed by atoms with Crippen LogP contribution in [0.4, 0.5) is 5.82 Å². The molecule has 1 aliphatic carbocycles. The van der Waals surface area contributed by atoms with Gasteiger partial charge in [0, 0.05) is 17.3 Å². The Bertz CT molecular complexity index is 1230. The second-order valence-electron chi connectivity index (χ2n) is 5.91. The number of carbonyl (C=O) groups is 1. The van der Waals surface area contributed by atoms with E-state index in [1.165, 1.54) is 17.8 Å². The quantitative estimate of drug-likeness (QED) is 0.580. The number of carbonyl (C=O) groups excluding carboxylic acids is 1. The molecule has 0 unspecified atom stereocenters. The summed E-state index contributed by atoms with van der Waals surface area (Å²) in [6.07, 6.45) is 6.35. The van der Waals surface area contributed by atoms with Crippen molar-refractivity contribution in [1.82, 2.24) is 13.8 Å². The molecule has 0 atom stereocenters. The first-order valence-electron chi connectivity index (χ1n) is 8.19. The highest BCUT2D eigenvalue weighted by Crippen LogP contribution is 2.28. The number of benzene rings is 1. The van der Waals surface area contributed by atoms with Crippen LogP contribution in [0.3, 0.4) is 0 Å². The van der Waals surface area contributed by atoms with Crippen molar-refractivity contribution in [3.8, 4) is 0 Å². The number of nitrogens with two attached hydrogens (primary N) is 1. The maximum Gasteiger partial charge on any atom is 0.283 e. The fourth-order valence-corrected chi connectivity index (χ4v) is 4.83. The number of nitrogens with zero attached hydrogens (tertiary/aromatic N) is 3. The highest BCUT2D eigenvalue weighted by molar-refractivity contribution is 9.12. The molecule has 0 amide bonds. The topological polar surface area (TPSA) is 90.4 Å². The fraction of sp³-hybridized carbons (Fsp3) is 0.0526. The molecule has 0 spiro atoms. The zero-order valence-electron chi connectivity index (χ0n) is 14.3. The van der Waals surface area contributed by atoms with Crippen molar-refractivity contribution in [3.05, 3.63) is 80.1 Å². The fourth-order valence-electron chi connectivity index (χ4n) is 2.62. The minimum absolute atomic E-state index is 0.128. The molecule has 3 aromatic rings. The summed E-state index contributed by atoms with van der Waals surface area (Å²) in [7, 11) is 0. The molecule has 0 aliphatic heterocycles. The Balaban J connectivity index is 1.74. The van der Waals surface area contributed by atoms with E-state index in [1.807, 2.05) is 30.3 Å². The SMILES string of the molecule is Nc1c(/C=C2/C=CC(=O)C(Br)=C2)c(=O)nc2snc(SCc3ccccc3)n12. The van der Waals surface area contributed by atoms with Gasteiger partial charge in [-0.1, -0.05) is 48.2 Å². The van der Waals surface area contributed by atoms with Crippen molar-refractivity contribution < 1.29 is 4.79 Å². The van der Waals surface area contributed by atoms with Crippen molar-refractivity contribution in [3.63, 3.8) is 0 Å². The van der Waals surface area contributed by atoms with Gasteiger partial charge in [0.2, 0.25) is 4.96 Å². The monoisotopic (exact) mass is 472 g/mol. The van der Waals surface area contributed by atoms with Crippen molar-refractivity contribution in [2.75, 3.05) is 5.73 Å². The lowest BCUT2D eigenvalue weighted by atomic mass is 10.1. The minimum Gasteiger partial charge on any atom is -0.384 e. The summed E-state index contributed by atoms with van der Waals surface area (Å²) in [4.78, 5) is 28.6. The number of hydrogen-bond acceptors (Lipinski definition) is 7. The summed E-state index contributed by atoms with van der Waals surface area (Å²) in [6, 6.07) is 10.0. The first kappa shape index (κ1) is 18.9. The molecule has 9 heteroatoms. The van der Waals surface area contributed by atoms with Crippen LogP contribution in [0.5, 0.6) is 0 Å². The number of allylic oxidation sites excluding steroid dienone is 5. The Kier molecular flexibility index (Phi) is 5.29. The molecule has 28 heavy (non-hydrogen) atoms. The zero-order chi connectivity index (χ0) is 19.7. The average Bonchev–Trinajstić information content (AvgIpc) is 3.10. The number of anilines is 1. The van der Waals surface area contributed by atoms with Gasteiger partial charge in [0.15, 0.2) is 10.9 Å². The number of nitrogen functional groups attached to an aromatic ring is 1. The molecule has 1 aromatic carbocycles. The number of fused-ring (bicyclic) bond motifs is 1. The lowest BCUT2D eigenvalue weighted by Gasteiger charge is -2.08. The summed E-state index contributed by atoms with van der Waals surface area (Å²) >= 11 is 5.87. The Morgan fingerprint density at radius 2 is 2.00 bits per heavy atom. The molecule has 0 bridgehead atoms. The predicted molar refractivity (Wildman–Crippen MR) is 117 cm³/mol. The molecule has 140 valence electrons. The summed E-state index contributed by atoms with van der Waals surface area (Å²) in [5, 5.41) is 0.680. The van der Waals surface area contributed by atoms with E-state index in [2.05, 4.69) is 25.3 Å². The van der Waals surface area contributed by atoms with Gasteiger partial charge in [0.1, 0.15) is 5.82 Å². The summed E-state index contributed by atoms with van der Waals surface area (Å²) in [6.45, 7) is 0. The second kappa shape index (κ2) is 7.86. The average molecular weight is 473 g/mol. The lowest BCUT2D eigenvalue weighted by Crippen LogP contribution is -2.16. The van der Waals surface area contributed by atoms with Crippen molar-refractivity contribution in [1.29, 1.82) is 0 Å². The van der Waals surface area contributed by atoms with Gasteiger partial charge in [-0.2, -0.15) is 9.36 Å². The van der Waals surface area contributed by atoms with Gasteiger partial charge in [-0.25, -0.2) is 4.40 Å². The molecule has 0 saturated heterocycles. The zero-order valence-corrected chi connectivity index (χ0v) is 17.6. The molecule has 2 aromatic heterocycles. The molecule has 2 N–H and O–H groups in total. The van der Waals surface area contributed by atoms with Crippen LogP contribution in [0.25, 0.3) is 11.0 Å². The third-order valence-corrected chi connectivity index (χ3v) is 6.46. The molecule has 4 rings (SSSR count). The van der Waals surface area contributed by atoms with Crippen LogP contribution in [0.15, 0.2) is 68.6 Å². The lowest BCUT2D eigenvalue weighted by molar-refractivity contribution is -0.110. The third kappa shape index (κ3) is 3.73. The van der Waals surface area contributed by atoms with E-state index in [0.717, 1.165) is 22.8 Å². The molecule has 0 radical (unpaired) electrons. The van der Waals surface area contributed by atoms with E-state index < -0.39 is 5.56 Å². The van der Waals surface area contributed by atoms with E-state index in [4.69, 9.17) is 5.73 Å². The Morgan fingerprint density at radius 1 is 1.21 bits per heavy atom. The predicted octanol–water partition coefficient (Wildman–Crippen LogP) is 3.83. The van der Waals surface area contributed by atoms with E-state index in [1.54, 1.807) is 22.6 Å². The van der Waals surface area contributed by atoms with E-state index >= 15 is 0 Å². The summed E-state index contributed by atoms with van der Waals surface area (Å²) < 4.78 is 6.53. The molecular weight excluding hydrogens is 460 g/mol. The van der Waals surface area contributed by atoms with Gasteiger partial charge in [0.25, 0.3) is 5.56 Å². The highest BCUT2D eigenvalue weighted by Gasteiger charge is 2.16. The highest BCUT2D eigenvalue weighted by atomic mass is 79.9. The number of rotatable bonds is 4. The molecule has 1 aliphatic rings. The molecule has 6 nitrogen and oxygen atoms in total. The number of aromatic nitrogens is 3. The number of ketones is 1. The first-order chi connectivity index (χ1) is 13.5. The van der Waals surface area contributed by atoms with Gasteiger partial charge in [-0.05, 0) is 45.3 Å². The second-order valence-corrected chi connectivity index (χ2v) is 8.43. The van der Waals surface area contributed by atoms with Crippen molar-refractivity contribution >= 4 is 61.9 Å². The minimum atomic E-state index is -0.428. The van der Waals surface area contributed by atoms with Crippen LogP contribution in [0.1, 0.15) is 11.1 Å². The summed E-state index contributed by atoms with van der Waals surface area (Å²) in [5.41, 5.74) is 8.00. The third-order valence-electron chi connectivity index (χ3n) is 4.01. The largest absolute Gasteiger partial charge is 0.384 e. The number of hydrogen-bond donors (Lipinski definition) is 1. The van der Waals surface area contributed by atoms with Gasteiger partial charge in [0.05, 0.1) is 10.0 Å². The normalized spacial score (nSPS) is 15.4. The van der Waals surface area contributed by atoms with Crippen LogP contribution in [0, 0.1) is 0 Å². The number of halogens is 1. The first-order valence-corrected chi connectivity index (χ1v) is 10.7.